The summed E-state index contributed by atoms with van der Waals surface area (Å²) in [6.45, 7) is 5.74. The van der Waals surface area contributed by atoms with Gasteiger partial charge in [0.2, 0.25) is 0 Å². The highest BCUT2D eigenvalue weighted by Gasteiger charge is 2.17. The maximum Gasteiger partial charge on any atom is 0.271 e. The second kappa shape index (κ2) is 4.56. The number of nitrogens with zero attached hydrogens (tertiary/aromatic N) is 4. The van der Waals surface area contributed by atoms with E-state index in [0.29, 0.717) is 5.82 Å². The molecule has 94 valence electrons. The van der Waals surface area contributed by atoms with Crippen molar-refractivity contribution in [2.24, 2.45) is 0 Å². The maximum atomic E-state index is 11.9. The minimum Gasteiger partial charge on any atom is -0.346 e. The van der Waals surface area contributed by atoms with Crippen molar-refractivity contribution in [2.75, 3.05) is 0 Å². The Hall–Kier alpha value is -2.24. The molecule has 2 aromatic heterocycles. The van der Waals surface area contributed by atoms with E-state index >= 15 is 0 Å². The normalized spacial score (nSPS) is 11.3. The second-order valence-corrected chi connectivity index (χ2v) is 4.94. The first-order chi connectivity index (χ1) is 8.46. The van der Waals surface area contributed by atoms with Gasteiger partial charge in [0, 0.05) is 17.9 Å². The summed E-state index contributed by atoms with van der Waals surface area (Å²) in [5, 5.41) is 2.84. The number of amides is 1. The Bertz CT molecular complexity index is 542. The molecule has 0 saturated heterocycles. The molecule has 0 atom stereocenters. The summed E-state index contributed by atoms with van der Waals surface area (Å²) >= 11 is 0. The van der Waals surface area contributed by atoms with Crippen LogP contribution < -0.4 is 5.32 Å². The van der Waals surface area contributed by atoms with Crippen LogP contribution in [0, 0.1) is 0 Å². The van der Waals surface area contributed by atoms with Crippen molar-refractivity contribution in [2.45, 2.75) is 26.3 Å². The van der Waals surface area contributed by atoms with E-state index in [2.05, 4.69) is 20.3 Å². The lowest BCUT2D eigenvalue weighted by Gasteiger charge is -2.20. The van der Waals surface area contributed by atoms with Gasteiger partial charge in [-0.2, -0.15) is 0 Å². The van der Waals surface area contributed by atoms with E-state index in [0.717, 1.165) is 0 Å². The van der Waals surface area contributed by atoms with E-state index in [1.165, 1.54) is 6.20 Å². The maximum absolute atomic E-state index is 11.9. The quantitative estimate of drug-likeness (QED) is 0.862. The highest BCUT2D eigenvalue weighted by Crippen LogP contribution is 2.05. The highest BCUT2D eigenvalue weighted by molar-refractivity contribution is 5.92. The molecule has 0 bridgehead atoms. The molecule has 0 aliphatic carbocycles. The molecule has 0 saturated carbocycles. The Morgan fingerprint density at radius 1 is 1.28 bits per heavy atom. The van der Waals surface area contributed by atoms with E-state index in [-0.39, 0.29) is 17.1 Å². The molecule has 1 N–H and O–H groups in total. The number of carbonyl (C=O) groups is 1. The largest absolute Gasteiger partial charge is 0.346 e. The Kier molecular flexibility index (Phi) is 3.10. The lowest BCUT2D eigenvalue weighted by Crippen LogP contribution is -2.41. The molecular formula is C12H15N5O. The Morgan fingerprint density at radius 2 is 2.06 bits per heavy atom. The van der Waals surface area contributed by atoms with E-state index in [1.807, 2.05) is 20.8 Å². The first kappa shape index (κ1) is 12.2. The van der Waals surface area contributed by atoms with Crippen LogP contribution in [0.4, 0.5) is 0 Å². The van der Waals surface area contributed by atoms with Gasteiger partial charge >= 0.3 is 0 Å². The van der Waals surface area contributed by atoms with Gasteiger partial charge in [-0.15, -0.1) is 0 Å². The minimum absolute atomic E-state index is 0.239. The summed E-state index contributed by atoms with van der Waals surface area (Å²) in [6.07, 6.45) is 8.02. The molecule has 0 fully saturated rings. The van der Waals surface area contributed by atoms with Gasteiger partial charge in [-0.3, -0.25) is 14.3 Å². The van der Waals surface area contributed by atoms with E-state index < -0.39 is 0 Å². The van der Waals surface area contributed by atoms with Crippen molar-refractivity contribution in [1.29, 1.82) is 0 Å². The van der Waals surface area contributed by atoms with Crippen LogP contribution in [-0.2, 0) is 0 Å². The van der Waals surface area contributed by atoms with Gasteiger partial charge in [-0.1, -0.05) is 0 Å². The van der Waals surface area contributed by atoms with Crippen LogP contribution in [0.25, 0.3) is 5.82 Å². The zero-order valence-electron chi connectivity index (χ0n) is 10.6. The molecule has 0 spiro atoms. The summed E-state index contributed by atoms with van der Waals surface area (Å²) < 4.78 is 1.70. The molecule has 1 amide bonds. The van der Waals surface area contributed by atoms with E-state index in [4.69, 9.17) is 0 Å². The minimum atomic E-state index is -0.302. The summed E-state index contributed by atoms with van der Waals surface area (Å²) in [5.74, 6) is 0.325. The molecule has 0 aliphatic heterocycles. The van der Waals surface area contributed by atoms with Crippen molar-refractivity contribution in [3.8, 4) is 5.82 Å². The molecule has 0 aliphatic rings. The summed E-state index contributed by atoms with van der Waals surface area (Å²) in [7, 11) is 0. The molecule has 6 heteroatoms. The number of nitrogens with one attached hydrogen (secondary N) is 1. The third-order valence-electron chi connectivity index (χ3n) is 2.11. The average molecular weight is 245 g/mol. The average Bonchev–Trinajstić information content (AvgIpc) is 2.80. The smallest absolute Gasteiger partial charge is 0.271 e. The molecule has 0 radical (unpaired) electrons. The van der Waals surface area contributed by atoms with Crippen LogP contribution >= 0.6 is 0 Å². The van der Waals surface area contributed by atoms with Crippen LogP contribution in [-0.4, -0.2) is 31.0 Å². The van der Waals surface area contributed by atoms with Crippen LogP contribution in [0.15, 0.2) is 31.1 Å². The number of hydrogen-bond acceptors (Lipinski definition) is 4. The molecule has 0 unspecified atom stereocenters. The molecule has 6 nitrogen and oxygen atoms in total. The number of hydrogen-bond donors (Lipinski definition) is 1. The number of rotatable bonds is 2. The standard InChI is InChI=1S/C12H15N5O/c1-12(2,3)16-11(18)9-6-14-7-10(15-9)17-5-4-13-8-17/h4-8H,1-3H3,(H,16,18). The third-order valence-corrected chi connectivity index (χ3v) is 2.11. The lowest BCUT2D eigenvalue weighted by molar-refractivity contribution is 0.0914. The van der Waals surface area contributed by atoms with Crippen molar-refractivity contribution in [3.63, 3.8) is 0 Å². The SMILES string of the molecule is CC(C)(C)NC(=O)c1cncc(-n2ccnc2)n1. The first-order valence-electron chi connectivity index (χ1n) is 5.58. The predicted molar refractivity (Wildman–Crippen MR) is 66.4 cm³/mol. The fourth-order valence-electron chi connectivity index (χ4n) is 1.39. The topological polar surface area (TPSA) is 72.7 Å². The van der Waals surface area contributed by atoms with E-state index in [9.17, 15) is 4.79 Å². The molecule has 2 rings (SSSR count). The van der Waals surface area contributed by atoms with Crippen molar-refractivity contribution >= 4 is 5.91 Å². The second-order valence-electron chi connectivity index (χ2n) is 4.94. The fraction of sp³-hybridized carbons (Fsp3) is 0.333. The first-order valence-corrected chi connectivity index (χ1v) is 5.58. The van der Waals surface area contributed by atoms with Gasteiger partial charge < -0.3 is 5.32 Å². The predicted octanol–water partition coefficient (Wildman–Crippen LogP) is 1.19. The van der Waals surface area contributed by atoms with Gasteiger partial charge in [-0.05, 0) is 20.8 Å². The van der Waals surface area contributed by atoms with Crippen molar-refractivity contribution in [3.05, 3.63) is 36.8 Å². The van der Waals surface area contributed by atoms with Crippen molar-refractivity contribution in [1.82, 2.24) is 24.8 Å². The van der Waals surface area contributed by atoms with E-state index in [1.54, 1.807) is 29.5 Å². The Morgan fingerprint density at radius 3 is 2.67 bits per heavy atom. The summed E-state index contributed by atoms with van der Waals surface area (Å²) in [5.41, 5.74) is -0.0137. The van der Waals surface area contributed by atoms with Crippen LogP contribution in [0.1, 0.15) is 31.3 Å². The van der Waals surface area contributed by atoms with Gasteiger partial charge in [-0.25, -0.2) is 9.97 Å². The van der Waals surface area contributed by atoms with Crippen molar-refractivity contribution < 1.29 is 4.79 Å². The van der Waals surface area contributed by atoms with Gasteiger partial charge in [0.1, 0.15) is 12.0 Å². The Labute approximate surface area is 105 Å². The number of carbonyl (C=O) groups excluding carboxylic acids is 1. The third kappa shape index (κ3) is 2.91. The van der Waals surface area contributed by atoms with Gasteiger partial charge in [0.05, 0.1) is 12.4 Å². The monoisotopic (exact) mass is 245 g/mol. The molecular weight excluding hydrogens is 230 g/mol. The number of aromatic nitrogens is 4. The fourth-order valence-corrected chi connectivity index (χ4v) is 1.39. The molecule has 2 heterocycles. The number of imidazole rings is 1. The van der Waals surface area contributed by atoms with Crippen LogP contribution in [0.2, 0.25) is 0 Å². The van der Waals surface area contributed by atoms with Gasteiger partial charge in [0.25, 0.3) is 5.91 Å². The Balaban J connectivity index is 2.25. The van der Waals surface area contributed by atoms with Crippen LogP contribution in [0.3, 0.4) is 0 Å². The highest BCUT2D eigenvalue weighted by atomic mass is 16.2. The zero-order valence-corrected chi connectivity index (χ0v) is 10.6. The summed E-state index contributed by atoms with van der Waals surface area (Å²) in [4.78, 5) is 24.1. The molecule has 2 aromatic rings. The molecule has 0 aromatic carbocycles. The lowest BCUT2D eigenvalue weighted by atomic mass is 10.1. The summed E-state index contributed by atoms with van der Waals surface area (Å²) in [6, 6.07) is 0. The molecule has 18 heavy (non-hydrogen) atoms. The van der Waals surface area contributed by atoms with Crippen LogP contribution in [0.5, 0.6) is 0 Å². The zero-order chi connectivity index (χ0) is 13.2. The van der Waals surface area contributed by atoms with Gasteiger partial charge in [0.15, 0.2) is 5.82 Å².